The molecule has 3 aromatic carbocycles. The number of para-hydroxylation sites is 1. The van der Waals surface area contributed by atoms with E-state index in [1.807, 2.05) is 31.2 Å². The van der Waals surface area contributed by atoms with Crippen molar-refractivity contribution in [2.24, 2.45) is 0 Å². The summed E-state index contributed by atoms with van der Waals surface area (Å²) in [5, 5.41) is 3.75. The van der Waals surface area contributed by atoms with E-state index in [2.05, 4.69) is 5.32 Å². The number of hydrogen-bond donors (Lipinski definition) is 1. The van der Waals surface area contributed by atoms with Gasteiger partial charge in [-0.05, 0) is 67.6 Å². The van der Waals surface area contributed by atoms with E-state index in [-0.39, 0.29) is 22.2 Å². The van der Waals surface area contributed by atoms with Crippen LogP contribution in [0.5, 0.6) is 0 Å². The van der Waals surface area contributed by atoms with Gasteiger partial charge in [-0.25, -0.2) is 8.42 Å². The first-order valence-electron chi connectivity index (χ1n) is 10.3. The van der Waals surface area contributed by atoms with Gasteiger partial charge in [-0.3, -0.25) is 9.10 Å². The number of halogens is 2. The number of nitrogens with zero attached hydrogens (tertiary/aromatic N) is 1. The second-order valence-electron chi connectivity index (χ2n) is 7.28. The van der Waals surface area contributed by atoms with E-state index in [4.69, 9.17) is 23.2 Å². The van der Waals surface area contributed by atoms with Gasteiger partial charge in [0.2, 0.25) is 5.91 Å². The highest BCUT2D eigenvalue weighted by Crippen LogP contribution is 2.30. The predicted molar refractivity (Wildman–Crippen MR) is 137 cm³/mol. The third kappa shape index (κ3) is 7.14. The lowest BCUT2D eigenvalue weighted by atomic mass is 10.2. The first-order chi connectivity index (χ1) is 15.8. The minimum atomic E-state index is -3.99. The molecule has 0 saturated heterocycles. The van der Waals surface area contributed by atoms with E-state index < -0.39 is 15.9 Å². The van der Waals surface area contributed by atoms with Crippen molar-refractivity contribution in [1.29, 1.82) is 0 Å². The van der Waals surface area contributed by atoms with E-state index in [0.29, 0.717) is 11.6 Å². The molecule has 0 bridgehead atoms. The van der Waals surface area contributed by atoms with Gasteiger partial charge in [0, 0.05) is 16.5 Å². The molecule has 1 amide bonds. The molecule has 0 spiro atoms. The molecule has 0 aliphatic carbocycles. The van der Waals surface area contributed by atoms with E-state index in [0.717, 1.165) is 26.9 Å². The molecule has 9 heteroatoms. The maximum Gasteiger partial charge on any atom is 0.264 e. The molecule has 5 nitrogen and oxygen atoms in total. The fourth-order valence-electron chi connectivity index (χ4n) is 3.00. The van der Waals surface area contributed by atoms with Gasteiger partial charge in [-0.1, -0.05) is 53.0 Å². The van der Waals surface area contributed by atoms with Crippen molar-refractivity contribution in [2.75, 3.05) is 23.1 Å². The molecule has 0 aliphatic heterocycles. The maximum absolute atomic E-state index is 13.4. The Kier molecular flexibility index (Phi) is 9.09. The van der Waals surface area contributed by atoms with Crippen molar-refractivity contribution in [1.82, 2.24) is 5.32 Å². The van der Waals surface area contributed by atoms with Crippen LogP contribution in [0.25, 0.3) is 0 Å². The molecule has 3 aromatic rings. The first kappa shape index (κ1) is 25.4. The molecule has 0 radical (unpaired) electrons. The van der Waals surface area contributed by atoms with Crippen LogP contribution in [0.15, 0.2) is 82.6 Å². The van der Waals surface area contributed by atoms with Crippen LogP contribution in [0.4, 0.5) is 5.69 Å². The molecular formula is C24H24Cl2N2O3S2. The van der Waals surface area contributed by atoms with E-state index in [1.54, 1.807) is 48.2 Å². The fraction of sp³-hybridized carbons (Fsp3) is 0.208. The van der Waals surface area contributed by atoms with Crippen molar-refractivity contribution >= 4 is 56.6 Å². The standard InChI is InChI=1S/C24H24Cl2N2O3S2/c1-18-7-13-21(14-8-18)33(30,31)28(23-6-3-2-5-22(23)26)17-24(29)27-15-4-16-32-20-11-9-19(25)10-12-20/h2-3,5-14H,4,15-17H2,1H3,(H,27,29). The molecule has 174 valence electrons. The summed E-state index contributed by atoms with van der Waals surface area (Å²) in [7, 11) is -3.99. The summed E-state index contributed by atoms with van der Waals surface area (Å²) >= 11 is 13.8. The van der Waals surface area contributed by atoms with Crippen molar-refractivity contribution in [3.63, 3.8) is 0 Å². The van der Waals surface area contributed by atoms with E-state index >= 15 is 0 Å². The molecule has 0 atom stereocenters. The van der Waals surface area contributed by atoms with E-state index in [1.165, 1.54) is 12.1 Å². The number of aryl methyl sites for hydroxylation is 1. The number of sulfonamides is 1. The molecule has 0 aromatic heterocycles. The number of rotatable bonds is 10. The Balaban J connectivity index is 1.65. The molecule has 0 heterocycles. The number of hydrogen-bond acceptors (Lipinski definition) is 4. The van der Waals surface area contributed by atoms with Crippen LogP contribution in [0, 0.1) is 6.92 Å². The van der Waals surface area contributed by atoms with Gasteiger partial charge in [0.15, 0.2) is 0 Å². The smallest absolute Gasteiger partial charge is 0.264 e. The van der Waals surface area contributed by atoms with Gasteiger partial charge in [-0.2, -0.15) is 0 Å². The number of nitrogens with one attached hydrogen (secondary N) is 1. The van der Waals surface area contributed by atoms with Crippen molar-refractivity contribution in [2.45, 2.75) is 23.1 Å². The second-order valence-corrected chi connectivity index (χ2v) is 11.2. The summed E-state index contributed by atoms with van der Waals surface area (Å²) in [6.07, 6.45) is 0.732. The lowest BCUT2D eigenvalue weighted by molar-refractivity contribution is -0.119. The SMILES string of the molecule is Cc1ccc(S(=O)(=O)N(CC(=O)NCCCSc2ccc(Cl)cc2)c2ccccc2Cl)cc1. The van der Waals surface area contributed by atoms with Gasteiger partial charge in [-0.15, -0.1) is 11.8 Å². The van der Waals surface area contributed by atoms with Crippen LogP contribution in [-0.2, 0) is 14.8 Å². The topological polar surface area (TPSA) is 66.5 Å². The molecule has 0 unspecified atom stereocenters. The average molecular weight is 524 g/mol. The summed E-state index contributed by atoms with van der Waals surface area (Å²) in [4.78, 5) is 13.9. The second kappa shape index (κ2) is 11.8. The molecule has 0 saturated carbocycles. The van der Waals surface area contributed by atoms with Crippen LogP contribution in [-0.4, -0.2) is 33.2 Å². The number of thioether (sulfide) groups is 1. The van der Waals surface area contributed by atoms with Gasteiger partial charge in [0.1, 0.15) is 6.54 Å². The zero-order valence-electron chi connectivity index (χ0n) is 18.0. The quantitative estimate of drug-likeness (QED) is 0.270. The number of amides is 1. The Morgan fingerprint density at radius 3 is 2.30 bits per heavy atom. The predicted octanol–water partition coefficient (Wildman–Crippen LogP) is 5.80. The van der Waals surface area contributed by atoms with Crippen LogP contribution in [0.1, 0.15) is 12.0 Å². The molecule has 1 N–H and O–H groups in total. The highest BCUT2D eigenvalue weighted by Gasteiger charge is 2.28. The van der Waals surface area contributed by atoms with Crippen molar-refractivity contribution in [3.05, 3.63) is 88.4 Å². The molecule has 3 rings (SSSR count). The monoisotopic (exact) mass is 522 g/mol. The highest BCUT2D eigenvalue weighted by molar-refractivity contribution is 7.99. The normalized spacial score (nSPS) is 11.2. The number of carbonyl (C=O) groups is 1. The third-order valence-electron chi connectivity index (χ3n) is 4.74. The Bertz CT molecular complexity index is 1190. The van der Waals surface area contributed by atoms with Gasteiger partial charge in [0.25, 0.3) is 10.0 Å². The van der Waals surface area contributed by atoms with Gasteiger partial charge < -0.3 is 5.32 Å². The van der Waals surface area contributed by atoms with E-state index in [9.17, 15) is 13.2 Å². The van der Waals surface area contributed by atoms with Crippen molar-refractivity contribution < 1.29 is 13.2 Å². The zero-order chi connectivity index (χ0) is 23.8. The highest BCUT2D eigenvalue weighted by atomic mass is 35.5. The fourth-order valence-corrected chi connectivity index (χ4v) is 5.70. The first-order valence-corrected chi connectivity index (χ1v) is 13.4. The Labute approximate surface area is 209 Å². The van der Waals surface area contributed by atoms with Crippen molar-refractivity contribution in [3.8, 4) is 0 Å². The van der Waals surface area contributed by atoms with Crippen LogP contribution < -0.4 is 9.62 Å². The summed E-state index contributed by atoms with van der Waals surface area (Å²) in [5.74, 6) is 0.403. The zero-order valence-corrected chi connectivity index (χ0v) is 21.1. The molecular weight excluding hydrogens is 499 g/mol. The Morgan fingerprint density at radius 1 is 0.970 bits per heavy atom. The Morgan fingerprint density at radius 2 is 1.64 bits per heavy atom. The van der Waals surface area contributed by atoms with Gasteiger partial charge >= 0.3 is 0 Å². The summed E-state index contributed by atoms with van der Waals surface area (Å²) < 4.78 is 27.8. The largest absolute Gasteiger partial charge is 0.354 e. The molecule has 0 fully saturated rings. The number of carbonyl (C=O) groups excluding carboxylic acids is 1. The van der Waals surface area contributed by atoms with Crippen LogP contribution in [0.3, 0.4) is 0 Å². The minimum Gasteiger partial charge on any atom is -0.354 e. The minimum absolute atomic E-state index is 0.0974. The Hall–Kier alpha value is -2.19. The lowest BCUT2D eigenvalue weighted by Gasteiger charge is -2.25. The lowest BCUT2D eigenvalue weighted by Crippen LogP contribution is -2.41. The van der Waals surface area contributed by atoms with Crippen LogP contribution >= 0.6 is 35.0 Å². The summed E-state index contributed by atoms with van der Waals surface area (Å²) in [6.45, 7) is 1.94. The molecule has 0 aliphatic rings. The average Bonchev–Trinajstić information content (AvgIpc) is 2.79. The summed E-state index contributed by atoms with van der Waals surface area (Å²) in [6, 6.07) is 20.6. The number of anilines is 1. The van der Waals surface area contributed by atoms with Crippen LogP contribution in [0.2, 0.25) is 10.0 Å². The number of benzene rings is 3. The third-order valence-corrected chi connectivity index (χ3v) is 8.19. The summed E-state index contributed by atoms with van der Waals surface area (Å²) in [5.41, 5.74) is 1.20. The van der Waals surface area contributed by atoms with Gasteiger partial charge in [0.05, 0.1) is 15.6 Å². The molecule has 33 heavy (non-hydrogen) atoms. The maximum atomic E-state index is 13.4.